The number of hydrogen-bond donors (Lipinski definition) is 0. The Morgan fingerprint density at radius 1 is 1.37 bits per heavy atom. The largest absolute Gasteiger partial charge is 0.406 e. The van der Waals surface area contributed by atoms with Crippen LogP contribution < -0.4 is 0 Å². The van der Waals surface area contributed by atoms with Crippen LogP contribution in [0.3, 0.4) is 0 Å². The molecule has 8 heteroatoms. The van der Waals surface area contributed by atoms with Crippen LogP contribution >= 0.6 is 11.6 Å². The molecule has 1 aromatic heterocycles. The van der Waals surface area contributed by atoms with E-state index in [1.807, 2.05) is 0 Å². The van der Waals surface area contributed by atoms with Crippen molar-refractivity contribution in [2.75, 3.05) is 13.1 Å². The maximum absolute atomic E-state index is 12.4. The van der Waals surface area contributed by atoms with Crippen LogP contribution in [-0.2, 0) is 0 Å². The molecular weight excluding hydrogens is 283 g/mol. The number of hydrogen-bond acceptors (Lipinski definition) is 3. The number of rotatable bonds is 4. The van der Waals surface area contributed by atoms with E-state index >= 15 is 0 Å². The topological polar surface area (TPSA) is 46.1 Å². The molecule has 0 N–H and O–H groups in total. The van der Waals surface area contributed by atoms with Gasteiger partial charge in [0.2, 0.25) is 0 Å². The monoisotopic (exact) mass is 295 g/mol. The van der Waals surface area contributed by atoms with E-state index in [0.717, 1.165) is 0 Å². The molecule has 4 nitrogen and oxygen atoms in total. The van der Waals surface area contributed by atoms with Gasteiger partial charge in [0.15, 0.2) is 10.8 Å². The summed E-state index contributed by atoms with van der Waals surface area (Å²) in [4.78, 5) is 12.7. The van der Waals surface area contributed by atoms with Crippen molar-refractivity contribution in [3.05, 3.63) is 23.0 Å². The maximum atomic E-state index is 12.4. The third-order valence-corrected chi connectivity index (χ3v) is 2.30. The number of carbonyl (C=O) groups excluding carboxylic acids is 1. The molecule has 0 aliphatic rings. The molecule has 0 bridgehead atoms. The Kier molecular flexibility index (Phi) is 5.11. The number of alkyl halides is 3. The Labute approximate surface area is 113 Å². The molecule has 1 rings (SSSR count). The minimum absolute atomic E-state index is 0.0113. The van der Waals surface area contributed by atoms with Gasteiger partial charge in [-0.25, -0.2) is 0 Å². The highest BCUT2D eigenvalue weighted by Crippen LogP contribution is 2.19. The Morgan fingerprint density at radius 2 is 2.00 bits per heavy atom. The lowest BCUT2D eigenvalue weighted by atomic mass is 10.2. The van der Waals surface area contributed by atoms with Crippen LogP contribution in [0.5, 0.6) is 0 Å². The van der Waals surface area contributed by atoms with Gasteiger partial charge in [-0.3, -0.25) is 4.79 Å². The Hall–Kier alpha value is -1.37. The number of amides is 1. The van der Waals surface area contributed by atoms with Gasteiger partial charge in [0.25, 0.3) is 5.91 Å². The van der Waals surface area contributed by atoms with Crippen molar-refractivity contribution in [1.82, 2.24) is 15.1 Å². The minimum atomic E-state index is -4.45. The zero-order chi connectivity index (χ0) is 14.6. The van der Waals surface area contributed by atoms with Gasteiger partial charge in [0, 0.05) is 6.54 Å². The lowest BCUT2D eigenvalue weighted by Crippen LogP contribution is -2.41. The molecule has 19 heavy (non-hydrogen) atoms. The van der Waals surface area contributed by atoms with E-state index in [-0.39, 0.29) is 23.3 Å². The van der Waals surface area contributed by atoms with E-state index in [4.69, 9.17) is 11.6 Å². The predicted octanol–water partition coefficient (Wildman–Crippen LogP) is 2.79. The highest BCUT2D eigenvalue weighted by atomic mass is 35.5. The van der Waals surface area contributed by atoms with Gasteiger partial charge in [0.05, 0.1) is 0 Å². The van der Waals surface area contributed by atoms with E-state index in [0.29, 0.717) is 4.90 Å². The first kappa shape index (κ1) is 15.7. The molecule has 106 valence electrons. The van der Waals surface area contributed by atoms with Gasteiger partial charge >= 0.3 is 6.18 Å². The molecule has 0 spiro atoms. The van der Waals surface area contributed by atoms with Crippen molar-refractivity contribution >= 4 is 17.5 Å². The molecule has 1 aromatic rings. The van der Waals surface area contributed by atoms with Crippen LogP contribution in [0.1, 0.15) is 24.3 Å². The van der Waals surface area contributed by atoms with Crippen LogP contribution in [0.4, 0.5) is 13.2 Å². The summed E-state index contributed by atoms with van der Waals surface area (Å²) in [6.07, 6.45) is -4.45. The van der Waals surface area contributed by atoms with E-state index in [2.05, 4.69) is 10.2 Å². The smallest absolute Gasteiger partial charge is 0.328 e. The molecular formula is C11H13ClF3N3O. The summed E-state index contributed by atoms with van der Waals surface area (Å²) in [7, 11) is 0. The van der Waals surface area contributed by atoms with E-state index < -0.39 is 18.6 Å². The van der Waals surface area contributed by atoms with Crippen molar-refractivity contribution in [1.29, 1.82) is 0 Å². The van der Waals surface area contributed by atoms with Crippen LogP contribution in [0.2, 0.25) is 5.15 Å². The van der Waals surface area contributed by atoms with Crippen LogP contribution in [0.25, 0.3) is 0 Å². The zero-order valence-corrected chi connectivity index (χ0v) is 11.2. The van der Waals surface area contributed by atoms with E-state index in [9.17, 15) is 18.0 Å². The number of halogens is 4. The van der Waals surface area contributed by atoms with Gasteiger partial charge in [0.1, 0.15) is 6.54 Å². The van der Waals surface area contributed by atoms with Crippen molar-refractivity contribution in [2.24, 2.45) is 5.92 Å². The summed E-state index contributed by atoms with van der Waals surface area (Å²) in [5.41, 5.74) is -0.158. The molecule has 0 aromatic carbocycles. The first-order valence-electron chi connectivity index (χ1n) is 5.54. The molecule has 1 heterocycles. The normalized spacial score (nSPS) is 11.7. The fourth-order valence-corrected chi connectivity index (χ4v) is 1.57. The van der Waals surface area contributed by atoms with Gasteiger partial charge < -0.3 is 4.90 Å². The third kappa shape index (κ3) is 5.42. The summed E-state index contributed by atoms with van der Waals surface area (Å²) in [6.45, 7) is 2.13. The van der Waals surface area contributed by atoms with Crippen LogP contribution in [0.15, 0.2) is 12.1 Å². The van der Waals surface area contributed by atoms with Crippen LogP contribution in [-0.4, -0.2) is 40.3 Å². The average Bonchev–Trinajstić information content (AvgIpc) is 2.25. The summed E-state index contributed by atoms with van der Waals surface area (Å²) in [5, 5.41) is 7.01. The van der Waals surface area contributed by atoms with Gasteiger partial charge in [-0.15, -0.1) is 10.2 Å². The molecule has 0 saturated carbocycles. The molecule has 0 aliphatic carbocycles. The van der Waals surface area contributed by atoms with E-state index in [1.54, 1.807) is 13.8 Å². The van der Waals surface area contributed by atoms with Crippen molar-refractivity contribution in [3.63, 3.8) is 0 Å². The SMILES string of the molecule is CC(C)CN(CC(F)(F)F)C(=O)c1ccc(Cl)nn1. The third-order valence-electron chi connectivity index (χ3n) is 2.09. The maximum Gasteiger partial charge on any atom is 0.406 e. The standard InChI is InChI=1S/C11H13ClF3N3O/c1-7(2)5-18(6-11(13,14)15)10(19)8-3-4-9(12)17-16-8/h3-4,7H,5-6H2,1-2H3. The molecule has 0 fully saturated rings. The molecule has 0 atom stereocenters. The lowest BCUT2D eigenvalue weighted by Gasteiger charge is -2.25. The fraction of sp³-hybridized carbons (Fsp3) is 0.545. The summed E-state index contributed by atoms with van der Waals surface area (Å²) in [6, 6.07) is 2.56. The number of carbonyl (C=O) groups is 1. The Morgan fingerprint density at radius 3 is 2.42 bits per heavy atom. The average molecular weight is 296 g/mol. The number of aromatic nitrogens is 2. The zero-order valence-electron chi connectivity index (χ0n) is 10.4. The Bertz CT molecular complexity index is 434. The second-order valence-electron chi connectivity index (χ2n) is 4.44. The van der Waals surface area contributed by atoms with Gasteiger partial charge in [-0.1, -0.05) is 25.4 Å². The second-order valence-corrected chi connectivity index (χ2v) is 4.82. The quantitative estimate of drug-likeness (QED) is 0.858. The molecule has 0 unspecified atom stereocenters. The molecule has 0 aliphatic heterocycles. The van der Waals surface area contributed by atoms with Gasteiger partial charge in [-0.2, -0.15) is 13.2 Å². The highest BCUT2D eigenvalue weighted by molar-refractivity contribution is 6.29. The van der Waals surface area contributed by atoms with Crippen molar-refractivity contribution in [2.45, 2.75) is 20.0 Å². The first-order valence-corrected chi connectivity index (χ1v) is 5.92. The molecule has 0 saturated heterocycles. The molecule has 0 radical (unpaired) electrons. The molecule has 1 amide bonds. The summed E-state index contributed by atoms with van der Waals surface area (Å²) in [5.74, 6) is -0.901. The van der Waals surface area contributed by atoms with Gasteiger partial charge in [-0.05, 0) is 18.1 Å². The van der Waals surface area contributed by atoms with E-state index in [1.165, 1.54) is 12.1 Å². The van der Waals surface area contributed by atoms with Crippen molar-refractivity contribution in [3.8, 4) is 0 Å². The predicted molar refractivity (Wildman–Crippen MR) is 63.8 cm³/mol. The summed E-state index contributed by atoms with van der Waals surface area (Å²) >= 11 is 5.51. The minimum Gasteiger partial charge on any atom is -0.328 e. The second kappa shape index (κ2) is 6.18. The fourth-order valence-electron chi connectivity index (χ4n) is 1.47. The van der Waals surface area contributed by atoms with Crippen molar-refractivity contribution < 1.29 is 18.0 Å². The lowest BCUT2D eigenvalue weighted by molar-refractivity contribution is -0.141. The van der Waals surface area contributed by atoms with Crippen LogP contribution in [0, 0.1) is 5.92 Å². The number of nitrogens with zero attached hydrogens (tertiary/aromatic N) is 3. The Balaban J connectivity index is 2.90. The first-order chi connectivity index (χ1) is 8.69. The highest BCUT2D eigenvalue weighted by Gasteiger charge is 2.34. The summed E-state index contributed by atoms with van der Waals surface area (Å²) < 4.78 is 37.3.